The number of para-hydroxylation sites is 1. The van der Waals surface area contributed by atoms with E-state index in [1.165, 1.54) is 5.69 Å². The number of guanidine groups is 1. The van der Waals surface area contributed by atoms with Crippen molar-refractivity contribution in [3.05, 3.63) is 54.6 Å². The van der Waals surface area contributed by atoms with Gasteiger partial charge in [0.2, 0.25) is 17.8 Å². The average molecular weight is 407 g/mol. The molecule has 2 aromatic carbocycles. The molecule has 0 aliphatic carbocycles. The third kappa shape index (κ3) is 4.53. The summed E-state index contributed by atoms with van der Waals surface area (Å²) < 4.78 is 5.13. The van der Waals surface area contributed by atoms with Gasteiger partial charge in [0.05, 0.1) is 13.5 Å². The van der Waals surface area contributed by atoms with Crippen molar-refractivity contribution in [3.8, 4) is 5.75 Å². The zero-order valence-electron chi connectivity index (χ0n) is 16.9. The molecule has 156 valence electrons. The van der Waals surface area contributed by atoms with Crippen LogP contribution in [-0.2, 0) is 9.59 Å². The number of aliphatic imine (C=N–C) groups is 1. The maximum atomic E-state index is 12.7. The van der Waals surface area contributed by atoms with Crippen molar-refractivity contribution < 1.29 is 14.3 Å². The predicted molar refractivity (Wildman–Crippen MR) is 116 cm³/mol. The van der Waals surface area contributed by atoms with Crippen molar-refractivity contribution >= 4 is 29.1 Å². The van der Waals surface area contributed by atoms with Gasteiger partial charge in [-0.25, -0.2) is 4.99 Å². The van der Waals surface area contributed by atoms with Crippen LogP contribution < -0.4 is 20.3 Å². The van der Waals surface area contributed by atoms with Gasteiger partial charge in [-0.05, 0) is 36.4 Å². The third-order valence-electron chi connectivity index (χ3n) is 5.27. The summed E-state index contributed by atoms with van der Waals surface area (Å²) in [6, 6.07) is 16.5. The number of carbonyl (C=O) groups excluding carboxylic acids is 2. The number of nitrogens with zero attached hydrogens (tertiary/aromatic N) is 3. The fraction of sp³-hybridized carbons (Fsp3) is 0.318. The lowest BCUT2D eigenvalue weighted by Crippen LogP contribution is -2.56. The first-order valence-electron chi connectivity index (χ1n) is 10.00. The van der Waals surface area contributed by atoms with Crippen LogP contribution in [0.5, 0.6) is 5.75 Å². The average Bonchev–Trinajstić information content (AvgIpc) is 2.80. The molecule has 8 heteroatoms. The van der Waals surface area contributed by atoms with Crippen LogP contribution in [0.4, 0.5) is 11.4 Å². The molecular formula is C22H25N5O3. The lowest BCUT2D eigenvalue weighted by atomic mass is 10.1. The van der Waals surface area contributed by atoms with E-state index in [0.717, 1.165) is 26.2 Å². The normalized spacial score (nSPS) is 19.0. The fourth-order valence-corrected chi connectivity index (χ4v) is 3.60. The van der Waals surface area contributed by atoms with E-state index >= 15 is 0 Å². The van der Waals surface area contributed by atoms with Crippen LogP contribution in [0.1, 0.15) is 6.42 Å². The highest BCUT2D eigenvalue weighted by Crippen LogP contribution is 2.18. The van der Waals surface area contributed by atoms with Gasteiger partial charge in [0.15, 0.2) is 0 Å². The molecule has 8 nitrogen and oxygen atoms in total. The first-order valence-corrected chi connectivity index (χ1v) is 10.00. The highest BCUT2D eigenvalue weighted by atomic mass is 16.5. The number of piperazine rings is 1. The van der Waals surface area contributed by atoms with Gasteiger partial charge in [0, 0.05) is 37.6 Å². The molecule has 0 aromatic heterocycles. The van der Waals surface area contributed by atoms with Crippen molar-refractivity contribution in [1.29, 1.82) is 0 Å². The van der Waals surface area contributed by atoms with Crippen LogP contribution in [0.2, 0.25) is 0 Å². The summed E-state index contributed by atoms with van der Waals surface area (Å²) in [6.07, 6.45) is 0.0372. The van der Waals surface area contributed by atoms with E-state index in [1.807, 2.05) is 23.1 Å². The summed E-state index contributed by atoms with van der Waals surface area (Å²) in [5, 5.41) is 5.65. The van der Waals surface area contributed by atoms with E-state index in [4.69, 9.17) is 4.74 Å². The Morgan fingerprint density at radius 3 is 2.37 bits per heavy atom. The molecule has 0 spiro atoms. The molecule has 1 atom stereocenters. The predicted octanol–water partition coefficient (Wildman–Crippen LogP) is 1.70. The summed E-state index contributed by atoms with van der Waals surface area (Å²) in [4.78, 5) is 33.8. The Morgan fingerprint density at radius 2 is 1.70 bits per heavy atom. The Morgan fingerprint density at radius 1 is 1.03 bits per heavy atom. The number of methoxy groups -OCH3 is 1. The monoisotopic (exact) mass is 407 g/mol. The summed E-state index contributed by atoms with van der Waals surface area (Å²) in [7, 11) is 1.59. The number of hydrogen-bond acceptors (Lipinski definition) is 6. The lowest BCUT2D eigenvalue weighted by Gasteiger charge is -2.38. The Bertz CT molecular complexity index is 922. The molecule has 0 bridgehead atoms. The van der Waals surface area contributed by atoms with Crippen molar-refractivity contribution in [3.63, 3.8) is 0 Å². The molecule has 0 saturated carbocycles. The standard InChI is InChI=1S/C22H25N5O3/c1-30-18-9-7-16(8-10-18)23-21(29)19-15-20(28)25-22(24-19)27-13-11-26(12-14-27)17-5-3-2-4-6-17/h2-10,19H,11-15H2,1H3,(H,23,29)(H,24,25,28)/t19-/m0/s1. The number of ether oxygens (including phenoxy) is 1. The van der Waals surface area contributed by atoms with E-state index in [9.17, 15) is 9.59 Å². The zero-order valence-corrected chi connectivity index (χ0v) is 16.9. The highest BCUT2D eigenvalue weighted by Gasteiger charge is 2.30. The summed E-state index contributed by atoms with van der Waals surface area (Å²) in [5.41, 5.74) is 1.82. The van der Waals surface area contributed by atoms with E-state index < -0.39 is 6.04 Å². The molecule has 30 heavy (non-hydrogen) atoms. The van der Waals surface area contributed by atoms with E-state index in [0.29, 0.717) is 17.4 Å². The maximum Gasteiger partial charge on any atom is 0.249 e. The van der Waals surface area contributed by atoms with Crippen LogP contribution in [0, 0.1) is 0 Å². The van der Waals surface area contributed by atoms with E-state index in [2.05, 4.69) is 32.7 Å². The van der Waals surface area contributed by atoms with Gasteiger partial charge in [-0.1, -0.05) is 18.2 Å². The van der Waals surface area contributed by atoms with Gasteiger partial charge in [0.25, 0.3) is 0 Å². The van der Waals surface area contributed by atoms with Gasteiger partial charge < -0.3 is 19.9 Å². The quantitative estimate of drug-likeness (QED) is 0.806. The molecule has 2 aliphatic rings. The molecule has 2 heterocycles. The maximum absolute atomic E-state index is 12.7. The highest BCUT2D eigenvalue weighted by molar-refractivity contribution is 6.06. The van der Waals surface area contributed by atoms with Gasteiger partial charge in [-0.15, -0.1) is 0 Å². The number of carbonyl (C=O) groups is 2. The second kappa shape index (κ2) is 8.86. The summed E-state index contributed by atoms with van der Waals surface area (Å²) >= 11 is 0. The van der Waals surface area contributed by atoms with Crippen LogP contribution in [-0.4, -0.2) is 62.0 Å². The van der Waals surface area contributed by atoms with Crippen LogP contribution >= 0.6 is 0 Å². The molecule has 4 rings (SSSR count). The molecule has 1 fully saturated rings. The minimum atomic E-state index is -0.747. The molecule has 2 amide bonds. The number of rotatable bonds is 4. The van der Waals surface area contributed by atoms with Crippen molar-refractivity contribution in [1.82, 2.24) is 10.2 Å². The largest absolute Gasteiger partial charge is 0.497 e. The minimum Gasteiger partial charge on any atom is -0.497 e. The number of amides is 2. The van der Waals surface area contributed by atoms with Crippen LogP contribution in [0.15, 0.2) is 59.6 Å². The van der Waals surface area contributed by atoms with Gasteiger partial charge in [-0.2, -0.15) is 0 Å². The number of anilines is 2. The molecular weight excluding hydrogens is 382 g/mol. The summed E-state index contributed by atoms with van der Waals surface area (Å²) in [6.45, 7) is 3.09. The lowest BCUT2D eigenvalue weighted by molar-refractivity contribution is -0.125. The Kier molecular flexibility index (Phi) is 5.83. The minimum absolute atomic E-state index is 0.0372. The Balaban J connectivity index is 1.39. The Labute approximate surface area is 175 Å². The topological polar surface area (TPSA) is 86.3 Å². The zero-order chi connectivity index (χ0) is 20.9. The number of hydrogen-bond donors (Lipinski definition) is 2. The van der Waals surface area contributed by atoms with Crippen LogP contribution in [0.3, 0.4) is 0 Å². The molecule has 2 aromatic rings. The second-order valence-corrected chi connectivity index (χ2v) is 7.25. The second-order valence-electron chi connectivity index (χ2n) is 7.25. The SMILES string of the molecule is COc1ccc(NC(=O)[C@@H]2CC(=O)NC(N3CCN(c4ccccc4)CC3)=N2)cc1. The molecule has 2 aliphatic heterocycles. The summed E-state index contributed by atoms with van der Waals surface area (Å²) in [5.74, 6) is 0.699. The molecule has 2 N–H and O–H groups in total. The molecule has 0 radical (unpaired) electrons. The van der Waals surface area contributed by atoms with Crippen molar-refractivity contribution in [2.24, 2.45) is 4.99 Å². The molecule has 0 unspecified atom stereocenters. The van der Waals surface area contributed by atoms with Crippen LogP contribution in [0.25, 0.3) is 0 Å². The molecule has 1 saturated heterocycles. The number of benzene rings is 2. The first-order chi connectivity index (χ1) is 14.6. The van der Waals surface area contributed by atoms with Crippen molar-refractivity contribution in [2.45, 2.75) is 12.5 Å². The van der Waals surface area contributed by atoms with E-state index in [-0.39, 0.29) is 18.2 Å². The Hall–Kier alpha value is -3.55. The van der Waals surface area contributed by atoms with Gasteiger partial charge in [-0.3, -0.25) is 14.9 Å². The number of nitrogens with one attached hydrogen (secondary N) is 2. The van der Waals surface area contributed by atoms with E-state index in [1.54, 1.807) is 31.4 Å². The fourth-order valence-electron chi connectivity index (χ4n) is 3.60. The first kappa shape index (κ1) is 19.8. The van der Waals surface area contributed by atoms with Crippen molar-refractivity contribution in [2.75, 3.05) is 43.5 Å². The van der Waals surface area contributed by atoms with Gasteiger partial charge >= 0.3 is 0 Å². The smallest absolute Gasteiger partial charge is 0.249 e. The third-order valence-corrected chi connectivity index (χ3v) is 5.27. The van der Waals surface area contributed by atoms with Gasteiger partial charge in [0.1, 0.15) is 11.8 Å².